The van der Waals surface area contributed by atoms with E-state index in [1.165, 1.54) is 0 Å². The summed E-state index contributed by atoms with van der Waals surface area (Å²) in [5, 5.41) is 6.54. The predicted octanol–water partition coefficient (Wildman–Crippen LogP) is 1.25. The second-order valence-electron chi connectivity index (χ2n) is 7.08. The topological polar surface area (TPSA) is 70.7 Å². The Balaban J connectivity index is 1.33. The Morgan fingerprint density at radius 2 is 2.08 bits per heavy atom. The largest absolute Gasteiger partial charge is 0.371 e. The minimum atomic E-state index is -0.372. The van der Waals surface area contributed by atoms with Gasteiger partial charge in [-0.2, -0.15) is 0 Å². The molecule has 3 aliphatic heterocycles. The van der Waals surface area contributed by atoms with Crippen LogP contribution in [0.4, 0.5) is 0 Å². The molecule has 4 rings (SSSR count). The molecule has 25 heavy (non-hydrogen) atoms. The summed E-state index contributed by atoms with van der Waals surface area (Å²) in [6.45, 7) is 2.31. The number of hydrogen-bond donors (Lipinski definition) is 2. The standard InChI is InChI=1S/C18H22ClN3O3/c19-12-3-1-11(2-4-12)16-9-22-8-13(7-14(22)10-25-16)20-18(24)15-5-6-17(23)21-15/h1-4,13-16H,5-10H2,(H,20,24)(H,21,23)/t13-,14+,15+,16-/m1/s1. The SMILES string of the molecule is O=C1CC[C@@H](C(=O)N[C@@H]2C[C@H]3CO[C@@H](c4ccc(Cl)cc4)CN3C2)N1. The molecule has 1 aromatic rings. The van der Waals surface area contributed by atoms with E-state index in [0.717, 1.165) is 30.1 Å². The van der Waals surface area contributed by atoms with E-state index in [4.69, 9.17) is 16.3 Å². The second-order valence-corrected chi connectivity index (χ2v) is 7.52. The molecule has 2 N–H and O–H groups in total. The van der Waals surface area contributed by atoms with E-state index in [1.807, 2.05) is 24.3 Å². The molecule has 6 nitrogen and oxygen atoms in total. The highest BCUT2D eigenvalue weighted by atomic mass is 35.5. The fraction of sp³-hybridized carbons (Fsp3) is 0.556. The number of ether oxygens (including phenoxy) is 1. The number of rotatable bonds is 3. The summed E-state index contributed by atoms with van der Waals surface area (Å²) in [4.78, 5) is 25.9. The van der Waals surface area contributed by atoms with E-state index in [-0.39, 0.29) is 30.0 Å². The summed E-state index contributed by atoms with van der Waals surface area (Å²) in [5.74, 6) is -0.103. The Hall–Kier alpha value is -1.63. The number of nitrogens with one attached hydrogen (secondary N) is 2. The Labute approximate surface area is 151 Å². The highest BCUT2D eigenvalue weighted by Gasteiger charge is 2.39. The minimum absolute atomic E-state index is 0.0387. The van der Waals surface area contributed by atoms with Crippen LogP contribution in [0.2, 0.25) is 5.02 Å². The van der Waals surface area contributed by atoms with Crippen molar-refractivity contribution >= 4 is 23.4 Å². The van der Waals surface area contributed by atoms with Gasteiger partial charge in [-0.25, -0.2) is 0 Å². The molecule has 1 aromatic carbocycles. The van der Waals surface area contributed by atoms with Gasteiger partial charge in [-0.1, -0.05) is 23.7 Å². The van der Waals surface area contributed by atoms with Gasteiger partial charge < -0.3 is 15.4 Å². The third kappa shape index (κ3) is 3.66. The van der Waals surface area contributed by atoms with Gasteiger partial charge >= 0.3 is 0 Å². The summed E-state index contributed by atoms with van der Waals surface area (Å²) in [5.41, 5.74) is 1.13. The zero-order valence-corrected chi connectivity index (χ0v) is 14.7. The van der Waals surface area contributed by atoms with Crippen molar-refractivity contribution in [2.45, 2.75) is 43.5 Å². The smallest absolute Gasteiger partial charge is 0.242 e. The van der Waals surface area contributed by atoms with Crippen LogP contribution in [0.1, 0.15) is 30.9 Å². The van der Waals surface area contributed by atoms with Gasteiger partial charge in [0.25, 0.3) is 0 Å². The molecule has 2 amide bonds. The fourth-order valence-electron chi connectivity index (χ4n) is 3.97. The first-order valence-corrected chi connectivity index (χ1v) is 9.17. The first kappa shape index (κ1) is 16.8. The highest BCUT2D eigenvalue weighted by molar-refractivity contribution is 6.30. The molecule has 0 aromatic heterocycles. The van der Waals surface area contributed by atoms with Crippen molar-refractivity contribution in [1.29, 1.82) is 0 Å². The summed E-state index contributed by atoms with van der Waals surface area (Å²) in [7, 11) is 0. The number of benzene rings is 1. The molecule has 3 heterocycles. The number of fused-ring (bicyclic) bond motifs is 1. The third-order valence-electron chi connectivity index (χ3n) is 5.32. The van der Waals surface area contributed by atoms with Crippen LogP contribution in [0.3, 0.4) is 0 Å². The summed E-state index contributed by atoms with van der Waals surface area (Å²) >= 11 is 5.95. The van der Waals surface area contributed by atoms with Crippen LogP contribution in [-0.2, 0) is 14.3 Å². The van der Waals surface area contributed by atoms with E-state index in [1.54, 1.807) is 0 Å². The van der Waals surface area contributed by atoms with Crippen LogP contribution in [0, 0.1) is 0 Å². The molecule has 0 radical (unpaired) electrons. The first-order valence-electron chi connectivity index (χ1n) is 8.79. The number of amides is 2. The van der Waals surface area contributed by atoms with Crippen molar-refractivity contribution in [2.75, 3.05) is 19.7 Å². The Bertz CT molecular complexity index is 666. The van der Waals surface area contributed by atoms with E-state index >= 15 is 0 Å². The van der Waals surface area contributed by atoms with Crippen LogP contribution in [0.15, 0.2) is 24.3 Å². The zero-order valence-electron chi connectivity index (χ0n) is 13.9. The molecule has 0 saturated carbocycles. The number of hydrogen-bond acceptors (Lipinski definition) is 4. The number of morpholine rings is 1. The number of carbonyl (C=O) groups excluding carboxylic acids is 2. The highest BCUT2D eigenvalue weighted by Crippen LogP contribution is 2.30. The molecular formula is C18H22ClN3O3. The summed E-state index contributed by atoms with van der Waals surface area (Å²) in [6, 6.07) is 7.86. The predicted molar refractivity (Wildman–Crippen MR) is 93.2 cm³/mol. The average molecular weight is 364 g/mol. The molecule has 3 fully saturated rings. The van der Waals surface area contributed by atoms with E-state index in [0.29, 0.717) is 25.5 Å². The van der Waals surface area contributed by atoms with Crippen LogP contribution in [0.5, 0.6) is 0 Å². The molecule has 0 unspecified atom stereocenters. The maximum atomic E-state index is 12.3. The van der Waals surface area contributed by atoms with Crippen molar-refractivity contribution in [3.63, 3.8) is 0 Å². The zero-order chi connectivity index (χ0) is 17.4. The Morgan fingerprint density at radius 1 is 1.28 bits per heavy atom. The Kier molecular flexibility index (Phi) is 4.67. The van der Waals surface area contributed by atoms with Crippen molar-refractivity contribution in [1.82, 2.24) is 15.5 Å². The van der Waals surface area contributed by atoms with Crippen molar-refractivity contribution < 1.29 is 14.3 Å². The van der Waals surface area contributed by atoms with Crippen LogP contribution < -0.4 is 10.6 Å². The van der Waals surface area contributed by atoms with Crippen LogP contribution in [0.25, 0.3) is 0 Å². The van der Waals surface area contributed by atoms with Gasteiger partial charge in [0, 0.05) is 36.6 Å². The molecule has 0 spiro atoms. The van der Waals surface area contributed by atoms with Crippen molar-refractivity contribution in [2.24, 2.45) is 0 Å². The average Bonchev–Trinajstić information content (AvgIpc) is 3.20. The molecule has 134 valence electrons. The summed E-state index contributed by atoms with van der Waals surface area (Å²) < 4.78 is 6.03. The Morgan fingerprint density at radius 3 is 2.80 bits per heavy atom. The van der Waals surface area contributed by atoms with Crippen molar-refractivity contribution in [3.8, 4) is 0 Å². The lowest BCUT2D eigenvalue weighted by Crippen LogP contribution is -2.47. The molecule has 0 bridgehead atoms. The lowest BCUT2D eigenvalue weighted by atomic mass is 10.1. The monoisotopic (exact) mass is 363 g/mol. The maximum absolute atomic E-state index is 12.3. The molecule has 4 atom stereocenters. The lowest BCUT2D eigenvalue weighted by molar-refractivity contribution is -0.126. The third-order valence-corrected chi connectivity index (χ3v) is 5.57. The minimum Gasteiger partial charge on any atom is -0.371 e. The normalized spacial score (nSPS) is 32.3. The molecule has 7 heteroatoms. The van der Waals surface area contributed by atoms with Crippen LogP contribution in [-0.4, -0.2) is 54.5 Å². The maximum Gasteiger partial charge on any atom is 0.242 e. The first-order chi connectivity index (χ1) is 12.1. The molecule has 3 saturated heterocycles. The lowest BCUT2D eigenvalue weighted by Gasteiger charge is -2.35. The molecule has 3 aliphatic rings. The van der Waals surface area contributed by atoms with Gasteiger partial charge in [0.15, 0.2) is 0 Å². The van der Waals surface area contributed by atoms with Gasteiger partial charge in [0.05, 0.1) is 12.7 Å². The molecular weight excluding hydrogens is 342 g/mol. The van der Waals surface area contributed by atoms with Gasteiger partial charge in [-0.05, 0) is 30.5 Å². The molecule has 0 aliphatic carbocycles. The van der Waals surface area contributed by atoms with E-state index in [2.05, 4.69) is 15.5 Å². The van der Waals surface area contributed by atoms with E-state index < -0.39 is 0 Å². The second kappa shape index (κ2) is 6.94. The summed E-state index contributed by atoms with van der Waals surface area (Å²) in [6.07, 6.45) is 1.96. The van der Waals surface area contributed by atoms with Crippen molar-refractivity contribution in [3.05, 3.63) is 34.9 Å². The quantitative estimate of drug-likeness (QED) is 0.848. The number of nitrogens with zero attached hydrogens (tertiary/aromatic N) is 1. The fourth-order valence-corrected chi connectivity index (χ4v) is 4.10. The van der Waals surface area contributed by atoms with Gasteiger partial charge in [0.1, 0.15) is 6.04 Å². The van der Waals surface area contributed by atoms with Gasteiger partial charge in [-0.15, -0.1) is 0 Å². The van der Waals surface area contributed by atoms with E-state index in [9.17, 15) is 9.59 Å². The van der Waals surface area contributed by atoms with Gasteiger partial charge in [-0.3, -0.25) is 14.5 Å². The van der Waals surface area contributed by atoms with Gasteiger partial charge in [0.2, 0.25) is 11.8 Å². The number of halogens is 1. The number of carbonyl (C=O) groups is 2. The van der Waals surface area contributed by atoms with Crippen LogP contribution >= 0.6 is 11.6 Å².